The zero-order valence-corrected chi connectivity index (χ0v) is 12.1. The molecule has 2 aromatic carbocycles. The Kier molecular flexibility index (Phi) is 3.69. The van der Waals surface area contributed by atoms with Crippen LogP contribution in [0.3, 0.4) is 0 Å². The van der Waals surface area contributed by atoms with E-state index < -0.39 is 0 Å². The maximum Gasteiger partial charge on any atom is 0.247 e. The third-order valence-electron chi connectivity index (χ3n) is 3.52. The van der Waals surface area contributed by atoms with Crippen molar-refractivity contribution in [2.75, 3.05) is 5.32 Å². The molecule has 0 unspecified atom stereocenters. The van der Waals surface area contributed by atoms with Crippen molar-refractivity contribution in [1.29, 1.82) is 0 Å². The molecule has 0 saturated carbocycles. The van der Waals surface area contributed by atoms with E-state index in [0.29, 0.717) is 18.3 Å². The van der Waals surface area contributed by atoms with Crippen molar-refractivity contribution >= 4 is 5.69 Å². The van der Waals surface area contributed by atoms with Crippen molar-refractivity contribution in [3.05, 3.63) is 65.5 Å². The molecule has 1 aromatic heterocycles. The van der Waals surface area contributed by atoms with Crippen LogP contribution >= 0.6 is 0 Å². The van der Waals surface area contributed by atoms with Gasteiger partial charge in [-0.2, -0.15) is 0 Å². The van der Waals surface area contributed by atoms with E-state index in [1.807, 2.05) is 36.4 Å². The molecule has 1 heterocycles. The Morgan fingerprint density at radius 1 is 0.952 bits per heavy atom. The topological polar surface area (TPSA) is 51.0 Å². The highest BCUT2D eigenvalue weighted by molar-refractivity contribution is 5.54. The molecule has 3 rings (SSSR count). The van der Waals surface area contributed by atoms with Crippen molar-refractivity contribution < 1.29 is 4.42 Å². The second kappa shape index (κ2) is 5.79. The van der Waals surface area contributed by atoms with Crippen LogP contribution in [0, 0.1) is 13.8 Å². The zero-order valence-electron chi connectivity index (χ0n) is 12.1. The highest BCUT2D eigenvalue weighted by atomic mass is 16.4. The number of nitrogens with zero attached hydrogens (tertiary/aromatic N) is 2. The molecule has 106 valence electrons. The molecule has 3 aromatic rings. The summed E-state index contributed by atoms with van der Waals surface area (Å²) in [6, 6.07) is 16.0. The average molecular weight is 279 g/mol. The third kappa shape index (κ3) is 2.94. The van der Waals surface area contributed by atoms with E-state index in [1.165, 1.54) is 11.1 Å². The van der Waals surface area contributed by atoms with Gasteiger partial charge in [-0.3, -0.25) is 0 Å². The highest BCUT2D eigenvalue weighted by Crippen LogP contribution is 2.20. The summed E-state index contributed by atoms with van der Waals surface area (Å²) in [5.41, 5.74) is 4.52. The molecule has 0 fully saturated rings. The number of nitrogens with one attached hydrogen (secondary N) is 1. The van der Waals surface area contributed by atoms with Crippen LogP contribution in [0.2, 0.25) is 0 Å². The van der Waals surface area contributed by atoms with E-state index in [4.69, 9.17) is 4.42 Å². The Hall–Kier alpha value is -2.62. The van der Waals surface area contributed by atoms with Crippen molar-refractivity contribution in [1.82, 2.24) is 10.2 Å². The zero-order chi connectivity index (χ0) is 14.7. The molecule has 4 heteroatoms. The second-order valence-electron chi connectivity index (χ2n) is 4.97. The van der Waals surface area contributed by atoms with Crippen LogP contribution in [0.4, 0.5) is 5.69 Å². The first-order valence-electron chi connectivity index (χ1n) is 6.92. The van der Waals surface area contributed by atoms with Crippen LogP contribution < -0.4 is 5.32 Å². The normalized spacial score (nSPS) is 10.6. The first kappa shape index (κ1) is 13.4. The Bertz CT molecular complexity index is 735. The predicted octanol–water partition coefficient (Wildman–Crippen LogP) is 3.97. The fourth-order valence-electron chi connectivity index (χ4n) is 2.14. The van der Waals surface area contributed by atoms with Crippen LogP contribution in [0.5, 0.6) is 0 Å². The minimum atomic E-state index is 0.518. The van der Waals surface area contributed by atoms with E-state index in [1.54, 1.807) is 0 Å². The van der Waals surface area contributed by atoms with E-state index in [0.717, 1.165) is 11.3 Å². The smallest absolute Gasteiger partial charge is 0.247 e. The molecule has 0 spiro atoms. The molecule has 0 aliphatic carbocycles. The van der Waals surface area contributed by atoms with Gasteiger partial charge in [-0.05, 0) is 43.2 Å². The van der Waals surface area contributed by atoms with Gasteiger partial charge in [0.05, 0.1) is 6.54 Å². The lowest BCUT2D eigenvalue weighted by atomic mass is 10.1. The Morgan fingerprint density at radius 2 is 1.76 bits per heavy atom. The van der Waals surface area contributed by atoms with E-state index in [-0.39, 0.29) is 0 Å². The molecule has 0 saturated heterocycles. The summed E-state index contributed by atoms with van der Waals surface area (Å²) in [5.74, 6) is 1.13. The summed E-state index contributed by atoms with van der Waals surface area (Å²) in [4.78, 5) is 0. The molecule has 0 amide bonds. The van der Waals surface area contributed by atoms with Gasteiger partial charge < -0.3 is 9.73 Å². The SMILES string of the molecule is Cc1cccc(NCc2nnc(-c3ccccc3)o2)c1C. The molecule has 0 radical (unpaired) electrons. The number of aromatic nitrogens is 2. The summed E-state index contributed by atoms with van der Waals surface area (Å²) in [6.07, 6.45) is 0. The van der Waals surface area contributed by atoms with Crippen molar-refractivity contribution in [3.8, 4) is 11.5 Å². The third-order valence-corrected chi connectivity index (χ3v) is 3.52. The number of hydrogen-bond donors (Lipinski definition) is 1. The molecular formula is C17H17N3O. The standard InChI is InChI=1S/C17H17N3O/c1-12-7-6-10-15(13(12)2)18-11-16-19-20-17(21-16)14-8-4-3-5-9-14/h3-10,18H,11H2,1-2H3. The fraction of sp³-hybridized carbons (Fsp3) is 0.176. The maximum atomic E-state index is 5.68. The summed E-state index contributed by atoms with van der Waals surface area (Å²) in [5, 5.41) is 11.5. The minimum Gasteiger partial charge on any atom is -0.419 e. The Labute approximate surface area is 123 Å². The van der Waals surface area contributed by atoms with Crippen LogP contribution in [-0.2, 0) is 6.54 Å². The van der Waals surface area contributed by atoms with Crippen LogP contribution in [0.1, 0.15) is 17.0 Å². The van der Waals surface area contributed by atoms with Gasteiger partial charge in [0.2, 0.25) is 11.8 Å². The first-order valence-corrected chi connectivity index (χ1v) is 6.92. The number of anilines is 1. The summed E-state index contributed by atoms with van der Waals surface area (Å²) >= 11 is 0. The van der Waals surface area contributed by atoms with Crippen molar-refractivity contribution in [2.24, 2.45) is 0 Å². The Morgan fingerprint density at radius 3 is 2.57 bits per heavy atom. The molecule has 0 aliphatic rings. The first-order chi connectivity index (χ1) is 10.2. The van der Waals surface area contributed by atoms with Gasteiger partial charge in [-0.15, -0.1) is 10.2 Å². The molecule has 1 N–H and O–H groups in total. The van der Waals surface area contributed by atoms with Crippen molar-refractivity contribution in [3.63, 3.8) is 0 Å². The van der Waals surface area contributed by atoms with E-state index in [2.05, 4.69) is 41.5 Å². The summed E-state index contributed by atoms with van der Waals surface area (Å²) in [6.45, 7) is 4.71. The van der Waals surface area contributed by atoms with Gasteiger partial charge in [0, 0.05) is 11.3 Å². The largest absolute Gasteiger partial charge is 0.419 e. The average Bonchev–Trinajstić information content (AvgIpc) is 2.99. The molecule has 21 heavy (non-hydrogen) atoms. The lowest BCUT2D eigenvalue weighted by Gasteiger charge is -2.09. The minimum absolute atomic E-state index is 0.518. The maximum absolute atomic E-state index is 5.68. The van der Waals surface area contributed by atoms with Crippen LogP contribution in [0.15, 0.2) is 52.9 Å². The number of benzene rings is 2. The van der Waals surface area contributed by atoms with E-state index in [9.17, 15) is 0 Å². The monoisotopic (exact) mass is 279 g/mol. The van der Waals surface area contributed by atoms with Gasteiger partial charge in [0.1, 0.15) is 0 Å². The van der Waals surface area contributed by atoms with Crippen molar-refractivity contribution in [2.45, 2.75) is 20.4 Å². The molecule has 0 atom stereocenters. The van der Waals surface area contributed by atoms with Gasteiger partial charge >= 0.3 is 0 Å². The van der Waals surface area contributed by atoms with Gasteiger partial charge in [-0.25, -0.2) is 0 Å². The van der Waals surface area contributed by atoms with Gasteiger partial charge in [0.15, 0.2) is 0 Å². The van der Waals surface area contributed by atoms with Gasteiger partial charge in [0.25, 0.3) is 0 Å². The molecule has 0 aliphatic heterocycles. The van der Waals surface area contributed by atoms with Crippen LogP contribution in [0.25, 0.3) is 11.5 Å². The molecule has 0 bridgehead atoms. The number of hydrogen-bond acceptors (Lipinski definition) is 4. The fourth-order valence-corrected chi connectivity index (χ4v) is 2.14. The lowest BCUT2D eigenvalue weighted by molar-refractivity contribution is 0.515. The Balaban J connectivity index is 1.72. The van der Waals surface area contributed by atoms with Crippen LogP contribution in [-0.4, -0.2) is 10.2 Å². The molecule has 4 nitrogen and oxygen atoms in total. The lowest BCUT2D eigenvalue weighted by Crippen LogP contribution is -2.02. The summed E-state index contributed by atoms with van der Waals surface area (Å²) < 4.78 is 5.68. The number of rotatable bonds is 4. The summed E-state index contributed by atoms with van der Waals surface area (Å²) in [7, 11) is 0. The number of aryl methyl sites for hydroxylation is 1. The van der Waals surface area contributed by atoms with E-state index >= 15 is 0 Å². The molecular weight excluding hydrogens is 262 g/mol. The quantitative estimate of drug-likeness (QED) is 0.785. The second-order valence-corrected chi connectivity index (χ2v) is 4.97. The van der Waals surface area contributed by atoms with Gasteiger partial charge in [-0.1, -0.05) is 30.3 Å². The highest BCUT2D eigenvalue weighted by Gasteiger charge is 2.08. The predicted molar refractivity (Wildman–Crippen MR) is 83.0 cm³/mol.